The zero-order valence-corrected chi connectivity index (χ0v) is 8.62. The Morgan fingerprint density at radius 2 is 2.38 bits per heavy atom. The fourth-order valence-corrected chi connectivity index (χ4v) is 1.36. The van der Waals surface area contributed by atoms with E-state index in [1.807, 2.05) is 0 Å². The van der Waals surface area contributed by atoms with E-state index in [-0.39, 0.29) is 0 Å². The molecule has 1 aromatic carbocycles. The van der Waals surface area contributed by atoms with Crippen LogP contribution in [0.15, 0.2) is 46.5 Å². The second-order valence-corrected chi connectivity index (χ2v) is 3.05. The van der Waals surface area contributed by atoms with E-state index in [1.54, 1.807) is 31.4 Å². The minimum atomic E-state index is 0.340. The first-order chi connectivity index (χ1) is 7.85. The van der Waals surface area contributed by atoms with Crippen LogP contribution < -0.4 is 4.74 Å². The van der Waals surface area contributed by atoms with E-state index in [9.17, 15) is 0 Å². The summed E-state index contributed by atoms with van der Waals surface area (Å²) < 4.78 is 9.93. The van der Waals surface area contributed by atoms with Crippen LogP contribution in [0.25, 0.3) is 0 Å². The first-order valence-electron chi connectivity index (χ1n) is 4.60. The number of nitrogens with zero attached hydrogens (tertiary/aromatic N) is 2. The number of rotatable bonds is 3. The molecule has 2 aromatic rings. The minimum absolute atomic E-state index is 0.340. The van der Waals surface area contributed by atoms with Gasteiger partial charge in [-0.05, 0) is 12.1 Å². The lowest BCUT2D eigenvalue weighted by Gasteiger charge is -2.03. The quantitative estimate of drug-likeness (QED) is 0.485. The van der Waals surface area contributed by atoms with Crippen LogP contribution in [-0.2, 0) is 0 Å². The molecule has 0 radical (unpaired) electrons. The van der Waals surface area contributed by atoms with E-state index in [0.29, 0.717) is 22.7 Å². The third-order valence-electron chi connectivity index (χ3n) is 2.12. The van der Waals surface area contributed by atoms with Crippen LogP contribution >= 0.6 is 0 Å². The van der Waals surface area contributed by atoms with Crippen molar-refractivity contribution in [3.63, 3.8) is 0 Å². The summed E-state index contributed by atoms with van der Waals surface area (Å²) in [7, 11) is 1.57. The highest BCUT2D eigenvalue weighted by Crippen LogP contribution is 2.16. The van der Waals surface area contributed by atoms with E-state index in [1.165, 1.54) is 12.7 Å². The smallest absolute Gasteiger partial charge is 0.181 e. The highest BCUT2D eigenvalue weighted by Gasteiger charge is 2.11. The average molecular weight is 218 g/mol. The SMILES string of the molecule is COc1cccc(/C(=N/O)c2cocn2)c1. The van der Waals surface area contributed by atoms with Crippen molar-refractivity contribution in [1.29, 1.82) is 0 Å². The molecule has 0 aliphatic carbocycles. The van der Waals surface area contributed by atoms with Crippen molar-refractivity contribution in [2.75, 3.05) is 7.11 Å². The van der Waals surface area contributed by atoms with Crippen LogP contribution in [0.3, 0.4) is 0 Å². The number of oxime groups is 1. The van der Waals surface area contributed by atoms with Gasteiger partial charge in [-0.1, -0.05) is 17.3 Å². The average Bonchev–Trinajstić information content (AvgIpc) is 2.84. The molecule has 0 aliphatic heterocycles. The molecule has 0 amide bonds. The van der Waals surface area contributed by atoms with E-state index >= 15 is 0 Å². The normalized spacial score (nSPS) is 11.4. The third kappa shape index (κ3) is 1.88. The highest BCUT2D eigenvalue weighted by molar-refractivity contribution is 6.11. The van der Waals surface area contributed by atoms with Crippen molar-refractivity contribution >= 4 is 5.71 Å². The molecule has 0 fully saturated rings. The first kappa shape index (κ1) is 10.2. The molecule has 0 atom stereocenters. The standard InChI is InChI=1S/C11H10N2O3/c1-15-9-4-2-3-8(5-9)11(13-14)10-6-16-7-12-10/h2-7,14H,1H3/b13-11-. The topological polar surface area (TPSA) is 67.8 Å². The van der Waals surface area contributed by atoms with Gasteiger partial charge in [-0.2, -0.15) is 0 Å². The Labute approximate surface area is 92.0 Å². The molecule has 5 heteroatoms. The van der Waals surface area contributed by atoms with Gasteiger partial charge in [0.15, 0.2) is 6.39 Å². The first-order valence-corrected chi connectivity index (χ1v) is 4.60. The minimum Gasteiger partial charge on any atom is -0.497 e. The van der Waals surface area contributed by atoms with Crippen LogP contribution in [0, 0.1) is 0 Å². The zero-order chi connectivity index (χ0) is 11.4. The van der Waals surface area contributed by atoms with Crippen molar-refractivity contribution < 1.29 is 14.4 Å². The molecule has 1 heterocycles. The second kappa shape index (κ2) is 4.48. The van der Waals surface area contributed by atoms with Crippen molar-refractivity contribution in [2.45, 2.75) is 0 Å². The van der Waals surface area contributed by atoms with Crippen molar-refractivity contribution in [1.82, 2.24) is 4.98 Å². The van der Waals surface area contributed by atoms with E-state index in [2.05, 4.69) is 10.1 Å². The lowest BCUT2D eigenvalue weighted by atomic mass is 10.1. The Balaban J connectivity index is 2.42. The van der Waals surface area contributed by atoms with Crippen LogP contribution in [0.5, 0.6) is 5.75 Å². The van der Waals surface area contributed by atoms with Crippen LogP contribution in [0.2, 0.25) is 0 Å². The molecule has 0 bridgehead atoms. The van der Waals surface area contributed by atoms with E-state index in [4.69, 9.17) is 14.4 Å². The molecule has 0 saturated carbocycles. The van der Waals surface area contributed by atoms with Gasteiger partial charge in [-0.15, -0.1) is 0 Å². The monoisotopic (exact) mass is 218 g/mol. The predicted molar refractivity (Wildman–Crippen MR) is 56.9 cm³/mol. The maximum absolute atomic E-state index is 8.98. The van der Waals surface area contributed by atoms with Gasteiger partial charge in [0.25, 0.3) is 0 Å². The highest BCUT2D eigenvalue weighted by atomic mass is 16.5. The Hall–Kier alpha value is -2.30. The molecule has 0 saturated heterocycles. The third-order valence-corrected chi connectivity index (χ3v) is 2.12. The van der Waals surface area contributed by atoms with Gasteiger partial charge in [0, 0.05) is 5.56 Å². The molecular weight excluding hydrogens is 208 g/mol. The van der Waals surface area contributed by atoms with E-state index in [0.717, 1.165) is 0 Å². The van der Waals surface area contributed by atoms with Gasteiger partial charge < -0.3 is 14.4 Å². The second-order valence-electron chi connectivity index (χ2n) is 3.05. The van der Waals surface area contributed by atoms with Crippen molar-refractivity contribution in [3.05, 3.63) is 48.2 Å². The van der Waals surface area contributed by atoms with Crippen molar-refractivity contribution in [2.24, 2.45) is 5.16 Å². The Morgan fingerprint density at radius 3 is 3.00 bits per heavy atom. The van der Waals surface area contributed by atoms with Gasteiger partial charge in [0.2, 0.25) is 0 Å². The van der Waals surface area contributed by atoms with Gasteiger partial charge in [-0.25, -0.2) is 4.98 Å². The summed E-state index contributed by atoms with van der Waals surface area (Å²) in [4.78, 5) is 3.92. The maximum Gasteiger partial charge on any atom is 0.181 e. The summed E-state index contributed by atoms with van der Waals surface area (Å²) in [5.74, 6) is 0.683. The molecule has 0 aliphatic rings. The summed E-state index contributed by atoms with van der Waals surface area (Å²) in [6.07, 6.45) is 2.69. The van der Waals surface area contributed by atoms with Crippen molar-refractivity contribution in [3.8, 4) is 5.75 Å². The Bertz CT molecular complexity index is 492. The van der Waals surface area contributed by atoms with Gasteiger partial charge in [-0.3, -0.25) is 0 Å². The molecular formula is C11H10N2O3. The number of oxazole rings is 1. The van der Waals surface area contributed by atoms with Crippen LogP contribution in [0.4, 0.5) is 0 Å². The molecule has 5 nitrogen and oxygen atoms in total. The lowest BCUT2D eigenvalue weighted by Crippen LogP contribution is -2.03. The summed E-state index contributed by atoms with van der Waals surface area (Å²) in [5, 5.41) is 12.2. The fourth-order valence-electron chi connectivity index (χ4n) is 1.36. The number of hydrogen-bond donors (Lipinski definition) is 1. The number of ether oxygens (including phenoxy) is 1. The zero-order valence-electron chi connectivity index (χ0n) is 8.62. The summed E-state index contributed by atoms with van der Waals surface area (Å²) in [6, 6.07) is 7.16. The number of methoxy groups -OCH3 is 1. The Kier molecular flexibility index (Phi) is 2.86. The fraction of sp³-hybridized carbons (Fsp3) is 0.0909. The maximum atomic E-state index is 8.98. The summed E-state index contributed by atoms with van der Waals surface area (Å²) >= 11 is 0. The molecule has 1 aromatic heterocycles. The molecule has 2 rings (SSSR count). The van der Waals surface area contributed by atoms with Crippen LogP contribution in [0.1, 0.15) is 11.3 Å². The van der Waals surface area contributed by atoms with Crippen LogP contribution in [-0.4, -0.2) is 23.0 Å². The predicted octanol–water partition coefficient (Wildman–Crippen LogP) is 1.91. The van der Waals surface area contributed by atoms with Gasteiger partial charge >= 0.3 is 0 Å². The number of aromatic nitrogens is 1. The van der Waals surface area contributed by atoms with E-state index < -0.39 is 0 Å². The van der Waals surface area contributed by atoms with Gasteiger partial charge in [0.05, 0.1) is 7.11 Å². The summed E-state index contributed by atoms with van der Waals surface area (Å²) in [5.41, 5.74) is 1.51. The molecule has 16 heavy (non-hydrogen) atoms. The Morgan fingerprint density at radius 1 is 1.50 bits per heavy atom. The van der Waals surface area contributed by atoms with Gasteiger partial charge in [0.1, 0.15) is 23.4 Å². The number of benzene rings is 1. The lowest BCUT2D eigenvalue weighted by molar-refractivity contribution is 0.319. The molecule has 82 valence electrons. The molecule has 0 unspecified atom stereocenters. The largest absolute Gasteiger partial charge is 0.497 e. The molecule has 0 spiro atoms. The number of hydrogen-bond acceptors (Lipinski definition) is 5. The summed E-state index contributed by atoms with van der Waals surface area (Å²) in [6.45, 7) is 0. The molecule has 1 N–H and O–H groups in total.